The minimum Gasteiger partial charge on any atom is -0.495 e. The lowest BCUT2D eigenvalue weighted by Gasteiger charge is -2.18. The number of halogens is 1. The molecule has 0 unspecified atom stereocenters. The quantitative estimate of drug-likeness (QED) is 0.803. The van der Waals surface area contributed by atoms with Gasteiger partial charge in [0.05, 0.1) is 13.3 Å². The topological polar surface area (TPSA) is 64.4 Å². The van der Waals surface area contributed by atoms with Crippen molar-refractivity contribution in [2.24, 2.45) is 7.05 Å². The van der Waals surface area contributed by atoms with Crippen LogP contribution in [0.1, 0.15) is 5.56 Å². The van der Waals surface area contributed by atoms with Crippen molar-refractivity contribution in [1.29, 1.82) is 0 Å². The zero-order valence-electron chi connectivity index (χ0n) is 11.9. The van der Waals surface area contributed by atoms with E-state index < -0.39 is 10.0 Å². The largest absolute Gasteiger partial charge is 0.495 e. The Balaban J connectivity index is 2.35. The molecule has 0 aliphatic heterocycles. The molecule has 1 aromatic heterocycles. The first kappa shape index (κ1) is 16.0. The molecule has 0 saturated carbocycles. The highest BCUT2D eigenvalue weighted by molar-refractivity contribution is 9.10. The summed E-state index contributed by atoms with van der Waals surface area (Å²) in [7, 11) is 1.11. The first-order chi connectivity index (χ1) is 9.84. The molecule has 0 fully saturated rings. The number of rotatable bonds is 5. The van der Waals surface area contributed by atoms with E-state index in [4.69, 9.17) is 4.74 Å². The van der Waals surface area contributed by atoms with Gasteiger partial charge in [0.1, 0.15) is 10.6 Å². The van der Waals surface area contributed by atoms with Crippen molar-refractivity contribution in [2.75, 3.05) is 14.2 Å². The van der Waals surface area contributed by atoms with Gasteiger partial charge in [-0.25, -0.2) is 8.42 Å². The van der Waals surface area contributed by atoms with Crippen LogP contribution in [0.15, 0.2) is 40.0 Å². The van der Waals surface area contributed by atoms with E-state index in [9.17, 15) is 8.42 Å². The Bertz CT molecular complexity index is 743. The highest BCUT2D eigenvalue weighted by Gasteiger charge is 2.25. The fourth-order valence-electron chi connectivity index (χ4n) is 1.92. The van der Waals surface area contributed by atoms with E-state index in [2.05, 4.69) is 21.0 Å². The van der Waals surface area contributed by atoms with Crippen LogP contribution in [0.5, 0.6) is 5.75 Å². The molecule has 8 heteroatoms. The van der Waals surface area contributed by atoms with Gasteiger partial charge in [-0.05, 0) is 18.2 Å². The molecule has 0 aliphatic carbocycles. The maximum absolute atomic E-state index is 12.7. The zero-order chi connectivity index (χ0) is 15.6. The van der Waals surface area contributed by atoms with Crippen LogP contribution in [-0.4, -0.2) is 36.7 Å². The van der Waals surface area contributed by atoms with Gasteiger partial charge in [0.25, 0.3) is 0 Å². The number of sulfonamides is 1. The SMILES string of the molecule is COc1ccc(Br)cc1S(=O)(=O)N(C)Cc1cnn(C)c1. The highest BCUT2D eigenvalue weighted by Crippen LogP contribution is 2.29. The molecule has 0 bridgehead atoms. The molecule has 6 nitrogen and oxygen atoms in total. The summed E-state index contributed by atoms with van der Waals surface area (Å²) in [5.41, 5.74) is 0.817. The summed E-state index contributed by atoms with van der Waals surface area (Å²) in [4.78, 5) is 0.130. The van der Waals surface area contributed by atoms with E-state index in [0.29, 0.717) is 10.2 Å². The van der Waals surface area contributed by atoms with Crippen molar-refractivity contribution < 1.29 is 13.2 Å². The summed E-state index contributed by atoms with van der Waals surface area (Å²) in [5.74, 6) is 0.316. The number of benzene rings is 1. The summed E-state index contributed by atoms with van der Waals surface area (Å²) < 4.78 is 34.1. The molecule has 0 amide bonds. The molecule has 0 aliphatic rings. The number of aromatic nitrogens is 2. The lowest BCUT2D eigenvalue weighted by Crippen LogP contribution is -2.26. The zero-order valence-corrected chi connectivity index (χ0v) is 14.3. The van der Waals surface area contributed by atoms with Crippen LogP contribution < -0.4 is 4.74 Å². The van der Waals surface area contributed by atoms with Crippen molar-refractivity contribution in [2.45, 2.75) is 11.4 Å². The molecule has 114 valence electrons. The number of hydrogen-bond acceptors (Lipinski definition) is 4. The van der Waals surface area contributed by atoms with E-state index >= 15 is 0 Å². The molecule has 0 saturated heterocycles. The van der Waals surface area contributed by atoms with E-state index in [1.54, 1.807) is 36.3 Å². The van der Waals surface area contributed by atoms with E-state index in [0.717, 1.165) is 5.56 Å². The predicted octanol–water partition coefficient (Wildman–Crippen LogP) is 2.01. The Labute approximate surface area is 132 Å². The third kappa shape index (κ3) is 3.45. The van der Waals surface area contributed by atoms with E-state index in [1.165, 1.54) is 24.5 Å². The molecule has 0 radical (unpaired) electrons. The number of ether oxygens (including phenoxy) is 1. The Morgan fingerprint density at radius 3 is 2.71 bits per heavy atom. The second-order valence-corrected chi connectivity index (χ2v) is 7.51. The lowest BCUT2D eigenvalue weighted by molar-refractivity contribution is 0.397. The van der Waals surface area contributed by atoms with Crippen molar-refractivity contribution in [1.82, 2.24) is 14.1 Å². The number of nitrogens with zero attached hydrogens (tertiary/aromatic N) is 3. The third-order valence-corrected chi connectivity index (χ3v) is 5.30. The molecule has 1 heterocycles. The number of methoxy groups -OCH3 is 1. The molecule has 0 atom stereocenters. The minimum absolute atomic E-state index is 0.130. The molecule has 2 aromatic rings. The van der Waals surface area contributed by atoms with Crippen LogP contribution in [-0.2, 0) is 23.6 Å². The lowest BCUT2D eigenvalue weighted by atomic mass is 10.3. The average molecular weight is 374 g/mol. The van der Waals surface area contributed by atoms with Crippen LogP contribution in [0, 0.1) is 0 Å². The van der Waals surface area contributed by atoms with Gasteiger partial charge in [-0.15, -0.1) is 0 Å². The second kappa shape index (κ2) is 6.17. The van der Waals surface area contributed by atoms with Crippen LogP contribution in [0.2, 0.25) is 0 Å². The summed E-state index contributed by atoms with van der Waals surface area (Å²) >= 11 is 3.29. The predicted molar refractivity (Wildman–Crippen MR) is 82.6 cm³/mol. The first-order valence-electron chi connectivity index (χ1n) is 6.12. The average Bonchev–Trinajstić information content (AvgIpc) is 2.84. The molecule has 21 heavy (non-hydrogen) atoms. The van der Waals surface area contributed by atoms with E-state index in [1.807, 2.05) is 0 Å². The Hall–Kier alpha value is -1.38. The van der Waals surface area contributed by atoms with Crippen molar-refractivity contribution in [3.8, 4) is 5.75 Å². The molecule has 2 rings (SSSR count). The Morgan fingerprint density at radius 2 is 2.14 bits per heavy atom. The minimum atomic E-state index is -3.65. The maximum Gasteiger partial charge on any atom is 0.246 e. The van der Waals surface area contributed by atoms with Gasteiger partial charge in [-0.1, -0.05) is 15.9 Å². The Kier molecular flexibility index (Phi) is 4.70. The van der Waals surface area contributed by atoms with Gasteiger partial charge in [0, 0.05) is 36.9 Å². The Morgan fingerprint density at radius 1 is 1.43 bits per heavy atom. The number of hydrogen-bond donors (Lipinski definition) is 0. The summed E-state index contributed by atoms with van der Waals surface area (Å²) in [6.07, 6.45) is 3.42. The fraction of sp³-hybridized carbons (Fsp3) is 0.308. The second-order valence-electron chi connectivity index (χ2n) is 4.58. The van der Waals surface area contributed by atoms with Gasteiger partial charge < -0.3 is 4.74 Å². The van der Waals surface area contributed by atoms with Gasteiger partial charge >= 0.3 is 0 Å². The molecular formula is C13H16BrN3O3S. The summed E-state index contributed by atoms with van der Waals surface area (Å²) in [6, 6.07) is 4.89. The van der Waals surface area contributed by atoms with Crippen molar-refractivity contribution in [3.05, 3.63) is 40.6 Å². The fourth-order valence-corrected chi connectivity index (χ4v) is 3.76. The number of aryl methyl sites for hydroxylation is 1. The van der Waals surface area contributed by atoms with Crippen LogP contribution >= 0.6 is 15.9 Å². The van der Waals surface area contributed by atoms with Crippen LogP contribution in [0.4, 0.5) is 0 Å². The van der Waals surface area contributed by atoms with Gasteiger partial charge in [0.15, 0.2) is 0 Å². The van der Waals surface area contributed by atoms with Crippen molar-refractivity contribution in [3.63, 3.8) is 0 Å². The standard InChI is InChI=1S/C13H16BrN3O3S/c1-16-8-10(7-15-16)9-17(2)21(18,19)13-6-11(14)4-5-12(13)20-3/h4-8H,9H2,1-3H3. The monoisotopic (exact) mass is 373 g/mol. The molecule has 0 spiro atoms. The molecular weight excluding hydrogens is 358 g/mol. The smallest absolute Gasteiger partial charge is 0.246 e. The van der Waals surface area contributed by atoms with Crippen molar-refractivity contribution >= 4 is 26.0 Å². The normalized spacial score (nSPS) is 11.9. The maximum atomic E-state index is 12.7. The third-order valence-electron chi connectivity index (χ3n) is 2.98. The van der Waals surface area contributed by atoms with Gasteiger partial charge in [-0.3, -0.25) is 4.68 Å². The first-order valence-corrected chi connectivity index (χ1v) is 8.35. The van der Waals surface area contributed by atoms with E-state index in [-0.39, 0.29) is 11.4 Å². The van der Waals surface area contributed by atoms with Gasteiger partial charge in [0.2, 0.25) is 10.0 Å². The molecule has 0 N–H and O–H groups in total. The van der Waals surface area contributed by atoms with Crippen LogP contribution in [0.25, 0.3) is 0 Å². The molecule has 1 aromatic carbocycles. The summed E-state index contributed by atoms with van der Waals surface area (Å²) in [6.45, 7) is 0.242. The van der Waals surface area contributed by atoms with Crippen LogP contribution in [0.3, 0.4) is 0 Å². The van der Waals surface area contributed by atoms with Gasteiger partial charge in [-0.2, -0.15) is 9.40 Å². The highest BCUT2D eigenvalue weighted by atomic mass is 79.9. The summed E-state index contributed by atoms with van der Waals surface area (Å²) in [5, 5.41) is 4.04.